The summed E-state index contributed by atoms with van der Waals surface area (Å²) < 4.78 is 10.5. The number of ether oxygens (including phenoxy) is 2. The van der Waals surface area contributed by atoms with E-state index in [1.165, 1.54) is 0 Å². The van der Waals surface area contributed by atoms with Crippen molar-refractivity contribution >= 4 is 0 Å². The molecule has 2 aromatic rings. The quantitative estimate of drug-likeness (QED) is 0.849. The van der Waals surface area contributed by atoms with Crippen LogP contribution in [0.4, 0.5) is 0 Å². The lowest BCUT2D eigenvalue weighted by atomic mass is 10.0. The molecule has 0 radical (unpaired) electrons. The fourth-order valence-electron chi connectivity index (χ4n) is 1.81. The zero-order chi connectivity index (χ0) is 12.4. The lowest BCUT2D eigenvalue weighted by molar-refractivity contribution is 0.395. The van der Waals surface area contributed by atoms with Gasteiger partial charge in [0.15, 0.2) is 0 Å². The van der Waals surface area contributed by atoms with Crippen molar-refractivity contribution in [3.63, 3.8) is 0 Å². The van der Waals surface area contributed by atoms with E-state index >= 15 is 0 Å². The summed E-state index contributed by atoms with van der Waals surface area (Å²) in [5, 5.41) is 0. The average molecular weight is 234 g/mol. The summed E-state index contributed by atoms with van der Waals surface area (Å²) in [6.07, 6.45) is 1.62. The molecular formula is C12H14N2O3. The number of aromatic amines is 2. The minimum absolute atomic E-state index is 0.239. The van der Waals surface area contributed by atoms with Crippen LogP contribution in [-0.2, 0) is 0 Å². The lowest BCUT2D eigenvalue weighted by Crippen LogP contribution is -2.01. The van der Waals surface area contributed by atoms with Gasteiger partial charge in [-0.25, -0.2) is 4.79 Å². The van der Waals surface area contributed by atoms with E-state index in [0.29, 0.717) is 11.4 Å². The van der Waals surface area contributed by atoms with Gasteiger partial charge < -0.3 is 19.4 Å². The number of H-pyrrole nitrogens is 2. The van der Waals surface area contributed by atoms with E-state index in [-0.39, 0.29) is 5.69 Å². The largest absolute Gasteiger partial charge is 0.497 e. The summed E-state index contributed by atoms with van der Waals surface area (Å²) in [5.74, 6) is 1.39. The third-order valence-electron chi connectivity index (χ3n) is 2.59. The van der Waals surface area contributed by atoms with Gasteiger partial charge in [0, 0.05) is 17.8 Å². The van der Waals surface area contributed by atoms with Crippen LogP contribution in [0.1, 0.15) is 5.56 Å². The normalized spacial score (nSPS) is 10.3. The van der Waals surface area contributed by atoms with Crippen LogP contribution >= 0.6 is 0 Å². The fourth-order valence-corrected chi connectivity index (χ4v) is 1.81. The van der Waals surface area contributed by atoms with E-state index in [1.54, 1.807) is 26.5 Å². The van der Waals surface area contributed by atoms with Crippen LogP contribution < -0.4 is 15.2 Å². The molecule has 0 aliphatic heterocycles. The third kappa shape index (κ3) is 2.04. The molecule has 17 heavy (non-hydrogen) atoms. The first-order valence-electron chi connectivity index (χ1n) is 5.16. The molecule has 0 aliphatic rings. The van der Waals surface area contributed by atoms with Crippen LogP contribution in [-0.4, -0.2) is 24.2 Å². The van der Waals surface area contributed by atoms with Crippen LogP contribution in [0.3, 0.4) is 0 Å². The summed E-state index contributed by atoms with van der Waals surface area (Å²) in [4.78, 5) is 16.4. The summed E-state index contributed by atoms with van der Waals surface area (Å²) in [7, 11) is 3.19. The van der Waals surface area contributed by atoms with Crippen LogP contribution in [0.5, 0.6) is 11.5 Å². The minimum atomic E-state index is -0.239. The Balaban J connectivity index is 2.64. The van der Waals surface area contributed by atoms with Gasteiger partial charge in [0.25, 0.3) is 0 Å². The van der Waals surface area contributed by atoms with Gasteiger partial charge in [-0.3, -0.25) is 0 Å². The summed E-state index contributed by atoms with van der Waals surface area (Å²) in [6.45, 7) is 1.94. The average Bonchev–Trinajstić information content (AvgIpc) is 2.74. The zero-order valence-electron chi connectivity index (χ0n) is 9.96. The Bertz CT molecular complexity index is 584. The molecule has 0 saturated carbocycles. The van der Waals surface area contributed by atoms with E-state index in [9.17, 15) is 4.79 Å². The zero-order valence-corrected chi connectivity index (χ0v) is 9.96. The van der Waals surface area contributed by atoms with Gasteiger partial charge in [0.1, 0.15) is 11.5 Å². The molecule has 0 aliphatic carbocycles. The van der Waals surface area contributed by atoms with Crippen molar-refractivity contribution in [3.8, 4) is 22.8 Å². The Morgan fingerprint density at radius 3 is 2.47 bits per heavy atom. The Morgan fingerprint density at radius 2 is 1.94 bits per heavy atom. The lowest BCUT2D eigenvalue weighted by Gasteiger charge is -2.12. The van der Waals surface area contributed by atoms with Crippen LogP contribution in [0.2, 0.25) is 0 Å². The second-order valence-corrected chi connectivity index (χ2v) is 3.68. The van der Waals surface area contributed by atoms with E-state index in [4.69, 9.17) is 9.47 Å². The maximum absolute atomic E-state index is 11.1. The second kappa shape index (κ2) is 4.37. The standard InChI is InChI=1S/C12H14N2O3/c1-7-4-8(16-2)5-10(17-3)11(7)9-6-13-12(15)14-9/h4-6H,1-3H3,(H2,13,14,15). The number of hydrogen-bond acceptors (Lipinski definition) is 3. The molecular weight excluding hydrogens is 220 g/mol. The Kier molecular flexibility index (Phi) is 2.91. The first-order chi connectivity index (χ1) is 8.15. The maximum Gasteiger partial charge on any atom is 0.323 e. The molecule has 0 unspecified atom stereocenters. The maximum atomic E-state index is 11.1. The van der Waals surface area contributed by atoms with Gasteiger partial charge in [-0.05, 0) is 18.6 Å². The molecule has 2 rings (SSSR count). The van der Waals surface area contributed by atoms with Crippen LogP contribution in [0, 0.1) is 6.92 Å². The predicted molar refractivity (Wildman–Crippen MR) is 64.7 cm³/mol. The number of hydrogen-bond donors (Lipinski definition) is 2. The topological polar surface area (TPSA) is 67.1 Å². The van der Waals surface area contributed by atoms with Crippen molar-refractivity contribution in [2.75, 3.05) is 14.2 Å². The highest BCUT2D eigenvalue weighted by molar-refractivity contribution is 5.72. The van der Waals surface area contributed by atoms with Crippen LogP contribution in [0.15, 0.2) is 23.1 Å². The molecule has 0 saturated heterocycles. The first kappa shape index (κ1) is 11.3. The van der Waals surface area contributed by atoms with Gasteiger partial charge in [0.05, 0.1) is 19.9 Å². The summed E-state index contributed by atoms with van der Waals surface area (Å²) in [6, 6.07) is 3.68. The molecule has 1 aromatic carbocycles. The summed E-state index contributed by atoms with van der Waals surface area (Å²) in [5.41, 5.74) is 2.28. The number of rotatable bonds is 3. The predicted octanol–water partition coefficient (Wildman–Crippen LogP) is 1.70. The number of aromatic nitrogens is 2. The number of nitrogens with one attached hydrogen (secondary N) is 2. The molecule has 0 spiro atoms. The molecule has 5 heteroatoms. The molecule has 1 aromatic heterocycles. The molecule has 0 atom stereocenters. The number of imidazole rings is 1. The number of methoxy groups -OCH3 is 2. The van der Waals surface area contributed by atoms with E-state index in [1.807, 2.05) is 13.0 Å². The third-order valence-corrected chi connectivity index (χ3v) is 2.59. The Hall–Kier alpha value is -2.17. The highest BCUT2D eigenvalue weighted by Crippen LogP contribution is 2.35. The number of aryl methyl sites for hydroxylation is 1. The molecule has 0 bridgehead atoms. The molecule has 1 heterocycles. The van der Waals surface area contributed by atoms with Crippen LogP contribution in [0.25, 0.3) is 11.3 Å². The van der Waals surface area contributed by atoms with Crippen molar-refractivity contribution in [1.82, 2.24) is 9.97 Å². The number of benzene rings is 1. The first-order valence-corrected chi connectivity index (χ1v) is 5.16. The van der Waals surface area contributed by atoms with Gasteiger partial charge in [0.2, 0.25) is 0 Å². The molecule has 0 amide bonds. The highest BCUT2D eigenvalue weighted by Gasteiger charge is 2.13. The smallest absolute Gasteiger partial charge is 0.323 e. The Morgan fingerprint density at radius 1 is 1.18 bits per heavy atom. The van der Waals surface area contributed by atoms with Crippen molar-refractivity contribution in [2.24, 2.45) is 0 Å². The van der Waals surface area contributed by atoms with Gasteiger partial charge in [-0.15, -0.1) is 0 Å². The minimum Gasteiger partial charge on any atom is -0.497 e. The van der Waals surface area contributed by atoms with Crippen molar-refractivity contribution < 1.29 is 9.47 Å². The van der Waals surface area contributed by atoms with E-state index in [2.05, 4.69) is 9.97 Å². The Labute approximate surface area is 98.4 Å². The second-order valence-electron chi connectivity index (χ2n) is 3.68. The molecule has 5 nitrogen and oxygen atoms in total. The SMILES string of the molecule is COc1cc(C)c(-c2c[nH]c(=O)[nH]2)c(OC)c1. The van der Waals surface area contributed by atoms with E-state index < -0.39 is 0 Å². The summed E-state index contributed by atoms with van der Waals surface area (Å²) >= 11 is 0. The van der Waals surface area contributed by atoms with Gasteiger partial charge in [-0.1, -0.05) is 0 Å². The van der Waals surface area contributed by atoms with Crippen molar-refractivity contribution in [3.05, 3.63) is 34.4 Å². The molecule has 90 valence electrons. The van der Waals surface area contributed by atoms with Crippen molar-refractivity contribution in [2.45, 2.75) is 6.92 Å². The fraction of sp³-hybridized carbons (Fsp3) is 0.250. The molecule has 2 N–H and O–H groups in total. The van der Waals surface area contributed by atoms with E-state index in [0.717, 1.165) is 16.9 Å². The monoisotopic (exact) mass is 234 g/mol. The van der Waals surface area contributed by atoms with Gasteiger partial charge in [-0.2, -0.15) is 0 Å². The van der Waals surface area contributed by atoms with Crippen molar-refractivity contribution in [1.29, 1.82) is 0 Å². The van der Waals surface area contributed by atoms with Gasteiger partial charge >= 0.3 is 5.69 Å². The molecule has 0 fully saturated rings. The highest BCUT2D eigenvalue weighted by atomic mass is 16.5.